The molecule has 0 unspecified atom stereocenters. The summed E-state index contributed by atoms with van der Waals surface area (Å²) in [7, 11) is -3.65. The highest BCUT2D eigenvalue weighted by Crippen LogP contribution is 2.43. The monoisotopic (exact) mass is 442 g/mol. The summed E-state index contributed by atoms with van der Waals surface area (Å²) in [5, 5.41) is 3.69. The molecule has 7 heteroatoms. The molecule has 0 spiro atoms. The van der Waals surface area contributed by atoms with Crippen LogP contribution < -0.4 is 11.1 Å². The summed E-state index contributed by atoms with van der Waals surface area (Å²) in [4.78, 5) is 13.3. The smallest absolute Gasteiger partial charge is 0.205 e. The highest BCUT2D eigenvalue weighted by atomic mass is 32.2. The molecule has 0 saturated carbocycles. The fourth-order valence-corrected chi connectivity index (χ4v) is 6.46. The molecule has 0 radical (unpaired) electrons. The van der Waals surface area contributed by atoms with E-state index < -0.39 is 9.84 Å². The van der Waals surface area contributed by atoms with Gasteiger partial charge in [0.05, 0.1) is 11.4 Å². The van der Waals surface area contributed by atoms with Gasteiger partial charge in [-0.3, -0.25) is 4.79 Å². The summed E-state index contributed by atoms with van der Waals surface area (Å²) in [6.45, 7) is 5.82. The van der Waals surface area contributed by atoms with Crippen LogP contribution in [0.15, 0.2) is 53.4 Å². The van der Waals surface area contributed by atoms with Gasteiger partial charge in [0.25, 0.3) is 0 Å². The van der Waals surface area contributed by atoms with E-state index in [2.05, 4.69) is 5.32 Å². The lowest BCUT2D eigenvalue weighted by Gasteiger charge is -2.14. The maximum absolute atomic E-state index is 13.1. The fraction of sp³-hybridized carbons (Fsp3) is 0.261. The normalized spacial score (nSPS) is 11.4. The highest BCUT2D eigenvalue weighted by Gasteiger charge is 2.30. The number of aryl methyl sites for hydroxylation is 2. The van der Waals surface area contributed by atoms with E-state index >= 15 is 0 Å². The lowest BCUT2D eigenvalue weighted by atomic mass is 10.1. The van der Waals surface area contributed by atoms with Gasteiger partial charge in [0.15, 0.2) is 9.84 Å². The highest BCUT2D eigenvalue weighted by molar-refractivity contribution is 7.92. The van der Waals surface area contributed by atoms with E-state index in [0.717, 1.165) is 34.6 Å². The van der Waals surface area contributed by atoms with E-state index in [1.165, 1.54) is 0 Å². The molecule has 0 aliphatic carbocycles. The molecule has 30 heavy (non-hydrogen) atoms. The van der Waals surface area contributed by atoms with Crippen LogP contribution in [0, 0.1) is 6.92 Å². The number of nitrogens with two attached hydrogens (primary N) is 1. The largest absolute Gasteiger partial charge is 0.396 e. The van der Waals surface area contributed by atoms with E-state index in [0.29, 0.717) is 17.0 Å². The van der Waals surface area contributed by atoms with Crippen LogP contribution in [-0.2, 0) is 16.3 Å². The molecule has 0 aliphatic heterocycles. The molecule has 1 heterocycles. The molecule has 158 valence electrons. The minimum atomic E-state index is -3.65. The van der Waals surface area contributed by atoms with Crippen molar-refractivity contribution < 1.29 is 13.2 Å². The molecule has 5 nitrogen and oxygen atoms in total. The average Bonchev–Trinajstić information content (AvgIpc) is 3.06. The summed E-state index contributed by atoms with van der Waals surface area (Å²) in [6, 6.07) is 14.7. The minimum absolute atomic E-state index is 0.0245. The molecule has 1 aromatic heterocycles. The fourth-order valence-electron chi connectivity index (χ4n) is 3.40. The van der Waals surface area contributed by atoms with E-state index in [1.54, 1.807) is 31.2 Å². The molecule has 0 amide bonds. The molecule has 0 aliphatic rings. The molecule has 0 fully saturated rings. The standard InChI is InChI=1S/C23H26N2O3S2/c1-4-14-30(27,28)22-18(24)21(20(26)17-11-7-6-8-12-17)29-23(22)25-19-15(3)10-9-13-16(19)5-2/h6-13,25H,4-5,14,24H2,1-3H3. The van der Waals surface area contributed by atoms with Crippen LogP contribution in [0.3, 0.4) is 0 Å². The summed E-state index contributed by atoms with van der Waals surface area (Å²) >= 11 is 1.10. The summed E-state index contributed by atoms with van der Waals surface area (Å²) in [5.74, 6) is -0.310. The molecular weight excluding hydrogens is 416 g/mol. The zero-order chi connectivity index (χ0) is 21.9. The molecule has 0 atom stereocenters. The molecule has 3 N–H and O–H groups in total. The Hall–Kier alpha value is -2.64. The maximum Gasteiger partial charge on any atom is 0.205 e. The minimum Gasteiger partial charge on any atom is -0.396 e. The number of carbonyl (C=O) groups is 1. The van der Waals surface area contributed by atoms with Crippen molar-refractivity contribution in [3.8, 4) is 0 Å². The van der Waals surface area contributed by atoms with Crippen molar-refractivity contribution in [3.63, 3.8) is 0 Å². The van der Waals surface area contributed by atoms with Crippen molar-refractivity contribution in [2.24, 2.45) is 0 Å². The lowest BCUT2D eigenvalue weighted by molar-refractivity contribution is 0.104. The molecule has 0 saturated heterocycles. The zero-order valence-corrected chi connectivity index (χ0v) is 19.0. The summed E-state index contributed by atoms with van der Waals surface area (Å²) in [6.07, 6.45) is 1.25. The number of hydrogen-bond acceptors (Lipinski definition) is 6. The Bertz CT molecular complexity index is 1170. The predicted molar refractivity (Wildman–Crippen MR) is 125 cm³/mol. The number of thiophene rings is 1. The van der Waals surface area contributed by atoms with Gasteiger partial charge >= 0.3 is 0 Å². The van der Waals surface area contributed by atoms with Crippen LogP contribution in [0.2, 0.25) is 0 Å². The van der Waals surface area contributed by atoms with Gasteiger partial charge in [-0.05, 0) is 30.9 Å². The number of anilines is 3. The van der Waals surface area contributed by atoms with Gasteiger partial charge in [-0.15, -0.1) is 11.3 Å². The first-order chi connectivity index (χ1) is 14.3. The van der Waals surface area contributed by atoms with Gasteiger partial charge in [0.2, 0.25) is 5.78 Å². The van der Waals surface area contributed by atoms with Crippen LogP contribution in [0.5, 0.6) is 0 Å². The van der Waals surface area contributed by atoms with Crippen LogP contribution in [0.4, 0.5) is 16.4 Å². The molecule has 2 aromatic carbocycles. The number of carbonyl (C=O) groups excluding carboxylic acids is 1. The summed E-state index contributed by atoms with van der Waals surface area (Å²) < 4.78 is 26.1. The molecular formula is C23H26N2O3S2. The Morgan fingerprint density at radius 1 is 1.07 bits per heavy atom. The van der Waals surface area contributed by atoms with Crippen molar-refractivity contribution >= 4 is 43.3 Å². The number of para-hydroxylation sites is 1. The second kappa shape index (κ2) is 9.02. The first-order valence-corrected chi connectivity index (χ1v) is 12.4. The predicted octanol–water partition coefficient (Wildman–Crippen LogP) is 5.36. The van der Waals surface area contributed by atoms with Gasteiger partial charge in [0.1, 0.15) is 14.8 Å². The number of benzene rings is 2. The summed E-state index contributed by atoms with van der Waals surface area (Å²) in [5.41, 5.74) is 9.71. The third-order valence-electron chi connectivity index (χ3n) is 4.90. The Balaban J connectivity index is 2.18. The van der Waals surface area contributed by atoms with Crippen molar-refractivity contribution in [1.29, 1.82) is 0 Å². The SMILES string of the molecule is CCCS(=O)(=O)c1c(Nc2c(C)cccc2CC)sc(C(=O)c2ccccc2)c1N. The van der Waals surface area contributed by atoms with E-state index in [4.69, 9.17) is 5.73 Å². The topological polar surface area (TPSA) is 89.3 Å². The van der Waals surface area contributed by atoms with Crippen molar-refractivity contribution in [1.82, 2.24) is 0 Å². The first-order valence-electron chi connectivity index (χ1n) is 9.90. The van der Waals surface area contributed by atoms with E-state index in [9.17, 15) is 13.2 Å². The van der Waals surface area contributed by atoms with E-state index in [-0.39, 0.29) is 27.0 Å². The van der Waals surface area contributed by atoms with Crippen LogP contribution >= 0.6 is 11.3 Å². The number of hydrogen-bond donors (Lipinski definition) is 2. The van der Waals surface area contributed by atoms with Gasteiger partial charge in [-0.2, -0.15) is 0 Å². The molecule has 0 bridgehead atoms. The van der Waals surface area contributed by atoms with Crippen molar-refractivity contribution in [2.75, 3.05) is 16.8 Å². The van der Waals surface area contributed by atoms with Gasteiger partial charge in [0, 0.05) is 11.3 Å². The number of sulfone groups is 1. The third-order valence-corrected chi connectivity index (χ3v) is 8.14. The van der Waals surface area contributed by atoms with Crippen molar-refractivity contribution in [2.45, 2.75) is 38.5 Å². The Morgan fingerprint density at radius 3 is 2.40 bits per heavy atom. The molecule has 3 aromatic rings. The number of nitrogen functional groups attached to an aromatic ring is 1. The van der Waals surface area contributed by atoms with Crippen molar-refractivity contribution in [3.05, 3.63) is 70.1 Å². The second-order valence-electron chi connectivity index (χ2n) is 7.10. The van der Waals surface area contributed by atoms with Gasteiger partial charge < -0.3 is 11.1 Å². The van der Waals surface area contributed by atoms with Gasteiger partial charge in [-0.1, -0.05) is 62.4 Å². The van der Waals surface area contributed by atoms with Gasteiger partial charge in [-0.25, -0.2) is 8.42 Å². The Labute approximate surface area is 181 Å². The third kappa shape index (κ3) is 4.27. The van der Waals surface area contributed by atoms with E-state index in [1.807, 2.05) is 38.1 Å². The van der Waals surface area contributed by atoms with Crippen LogP contribution in [0.25, 0.3) is 0 Å². The number of nitrogens with one attached hydrogen (secondary N) is 1. The zero-order valence-electron chi connectivity index (χ0n) is 17.4. The quantitative estimate of drug-likeness (QED) is 0.459. The molecule has 3 rings (SSSR count). The van der Waals surface area contributed by atoms with Crippen LogP contribution in [0.1, 0.15) is 46.6 Å². The Morgan fingerprint density at radius 2 is 1.77 bits per heavy atom. The average molecular weight is 443 g/mol. The first kappa shape index (κ1) is 22.1. The number of rotatable bonds is 8. The second-order valence-corrected chi connectivity index (χ2v) is 10.2. The lowest BCUT2D eigenvalue weighted by Crippen LogP contribution is -2.11. The van der Waals surface area contributed by atoms with Crippen LogP contribution in [-0.4, -0.2) is 20.0 Å². The number of ketones is 1. The maximum atomic E-state index is 13.1. The Kier molecular flexibility index (Phi) is 6.63.